The average Bonchev–Trinajstić information content (AvgIpc) is 2.63. The zero-order chi connectivity index (χ0) is 13.1. The zero-order valence-electron chi connectivity index (χ0n) is 10.7. The largest absolute Gasteiger partial charge is 0.309 e. The Kier molecular flexibility index (Phi) is 5.83. The van der Waals surface area contributed by atoms with Crippen LogP contribution in [0.3, 0.4) is 0 Å². The van der Waals surface area contributed by atoms with E-state index in [-0.39, 0.29) is 4.75 Å². The lowest BCUT2D eigenvalue weighted by molar-refractivity contribution is 0.598. The molecular weight excluding hydrogens is 318 g/mol. The van der Waals surface area contributed by atoms with Gasteiger partial charge >= 0.3 is 0 Å². The van der Waals surface area contributed by atoms with E-state index in [4.69, 9.17) is 0 Å². The minimum atomic E-state index is -0.773. The maximum absolute atomic E-state index is 11.9. The Morgan fingerprint density at radius 3 is 2.59 bits per heavy atom. The molecule has 0 unspecified atom stereocenters. The molecule has 0 aliphatic carbocycles. The summed E-state index contributed by atoms with van der Waals surface area (Å²) in [4.78, 5) is 1.30. The molecule has 5 heteroatoms. The first-order valence-electron chi connectivity index (χ1n) is 5.68. The third-order valence-corrected chi connectivity index (χ3v) is 6.19. The fourth-order valence-electron chi connectivity index (χ4n) is 1.34. The Bertz CT molecular complexity index is 384. The fourth-order valence-corrected chi connectivity index (χ4v) is 3.70. The molecule has 0 aliphatic heterocycles. The van der Waals surface area contributed by atoms with E-state index >= 15 is 0 Å². The van der Waals surface area contributed by atoms with E-state index < -0.39 is 10.8 Å². The minimum Gasteiger partial charge on any atom is -0.309 e. The lowest BCUT2D eigenvalue weighted by Gasteiger charge is -2.19. The Balaban J connectivity index is 2.35. The van der Waals surface area contributed by atoms with E-state index in [0.29, 0.717) is 11.8 Å². The normalized spacial score (nSPS) is 15.8. The molecule has 0 fully saturated rings. The van der Waals surface area contributed by atoms with Crippen molar-refractivity contribution in [2.45, 2.75) is 38.5 Å². The van der Waals surface area contributed by atoms with E-state index in [1.165, 1.54) is 4.88 Å². The summed E-state index contributed by atoms with van der Waals surface area (Å²) < 4.78 is 12.9. The van der Waals surface area contributed by atoms with Crippen molar-refractivity contribution < 1.29 is 4.21 Å². The lowest BCUT2D eigenvalue weighted by Crippen LogP contribution is -2.30. The van der Waals surface area contributed by atoms with Crippen LogP contribution in [0.1, 0.15) is 38.6 Å². The quantitative estimate of drug-likeness (QED) is 0.887. The van der Waals surface area contributed by atoms with Crippen molar-refractivity contribution in [2.75, 3.05) is 12.3 Å². The molecule has 0 saturated heterocycles. The van der Waals surface area contributed by atoms with Crippen LogP contribution in [0.4, 0.5) is 0 Å². The molecule has 0 spiro atoms. The Hall–Kier alpha value is 0.290. The third-order valence-electron chi connectivity index (χ3n) is 2.44. The van der Waals surface area contributed by atoms with Gasteiger partial charge < -0.3 is 5.32 Å². The van der Waals surface area contributed by atoms with Crippen molar-refractivity contribution in [3.05, 3.63) is 20.8 Å². The second-order valence-corrected chi connectivity index (χ2v) is 9.80. The average molecular weight is 338 g/mol. The molecule has 2 atom stereocenters. The highest BCUT2D eigenvalue weighted by atomic mass is 79.9. The SMILES string of the molecule is C[C@H](NCC[S@](=O)C(C)(C)C)c1ccc(Br)s1. The fraction of sp³-hybridized carbons (Fsp3) is 0.667. The predicted molar refractivity (Wildman–Crippen MR) is 81.2 cm³/mol. The van der Waals surface area contributed by atoms with E-state index in [0.717, 1.165) is 10.3 Å². The van der Waals surface area contributed by atoms with Crippen LogP contribution in [0, 0.1) is 0 Å². The molecule has 2 nitrogen and oxygen atoms in total. The van der Waals surface area contributed by atoms with Gasteiger partial charge in [-0.3, -0.25) is 4.21 Å². The van der Waals surface area contributed by atoms with Gasteiger partial charge in [0.2, 0.25) is 0 Å². The van der Waals surface area contributed by atoms with Gasteiger partial charge in [0.1, 0.15) is 0 Å². The molecule has 98 valence electrons. The first-order valence-corrected chi connectivity index (χ1v) is 8.60. The predicted octanol–water partition coefficient (Wildman–Crippen LogP) is 3.71. The van der Waals surface area contributed by atoms with E-state index in [2.05, 4.69) is 40.3 Å². The second-order valence-electron chi connectivity index (χ2n) is 4.98. The van der Waals surface area contributed by atoms with E-state index in [9.17, 15) is 4.21 Å². The van der Waals surface area contributed by atoms with Gasteiger partial charge in [-0.1, -0.05) is 0 Å². The molecule has 0 radical (unpaired) electrons. The number of hydrogen-bond acceptors (Lipinski definition) is 3. The number of rotatable bonds is 5. The van der Waals surface area contributed by atoms with Crippen LogP contribution >= 0.6 is 27.3 Å². The van der Waals surface area contributed by atoms with Crippen LogP contribution in [0.2, 0.25) is 0 Å². The van der Waals surface area contributed by atoms with Crippen molar-refractivity contribution in [1.29, 1.82) is 0 Å². The summed E-state index contributed by atoms with van der Waals surface area (Å²) >= 11 is 5.20. The van der Waals surface area contributed by atoms with Gasteiger partial charge in [-0.2, -0.15) is 0 Å². The molecule has 0 aromatic carbocycles. The van der Waals surface area contributed by atoms with E-state index in [1.54, 1.807) is 11.3 Å². The summed E-state index contributed by atoms with van der Waals surface area (Å²) in [6, 6.07) is 4.50. The summed E-state index contributed by atoms with van der Waals surface area (Å²) in [6.45, 7) is 8.98. The highest BCUT2D eigenvalue weighted by Gasteiger charge is 2.19. The Labute approximate surface area is 119 Å². The van der Waals surface area contributed by atoms with Gasteiger partial charge in [0.05, 0.1) is 3.79 Å². The van der Waals surface area contributed by atoms with Gasteiger partial charge in [0, 0.05) is 38.8 Å². The molecule has 1 rings (SSSR count). The summed E-state index contributed by atoms with van der Waals surface area (Å²) in [5, 5.41) is 3.41. The van der Waals surface area contributed by atoms with Gasteiger partial charge in [-0.05, 0) is 55.8 Å². The van der Waals surface area contributed by atoms with Crippen LogP contribution in [0.25, 0.3) is 0 Å². The van der Waals surface area contributed by atoms with Crippen LogP contribution in [-0.2, 0) is 10.8 Å². The summed E-state index contributed by atoms with van der Waals surface area (Å²) in [6.07, 6.45) is 0. The van der Waals surface area contributed by atoms with Crippen LogP contribution < -0.4 is 5.32 Å². The van der Waals surface area contributed by atoms with Gasteiger partial charge in [-0.15, -0.1) is 11.3 Å². The lowest BCUT2D eigenvalue weighted by atomic mass is 10.3. The number of thiophene rings is 1. The minimum absolute atomic E-state index is 0.114. The number of halogens is 1. The molecular formula is C12H20BrNOS2. The van der Waals surface area contributed by atoms with Crippen LogP contribution in [-0.4, -0.2) is 21.3 Å². The van der Waals surface area contributed by atoms with Crippen molar-refractivity contribution in [2.24, 2.45) is 0 Å². The molecule has 17 heavy (non-hydrogen) atoms. The molecule has 0 aliphatic rings. The number of nitrogens with one attached hydrogen (secondary N) is 1. The van der Waals surface area contributed by atoms with Crippen LogP contribution in [0.15, 0.2) is 15.9 Å². The third kappa shape index (κ3) is 5.20. The molecule has 1 aromatic heterocycles. The molecule has 1 N–H and O–H groups in total. The highest BCUT2D eigenvalue weighted by Crippen LogP contribution is 2.26. The Morgan fingerprint density at radius 2 is 2.12 bits per heavy atom. The molecule has 1 aromatic rings. The molecule has 0 amide bonds. The summed E-state index contributed by atoms with van der Waals surface area (Å²) in [5.74, 6) is 0.709. The van der Waals surface area contributed by atoms with Gasteiger partial charge in [0.15, 0.2) is 0 Å². The highest BCUT2D eigenvalue weighted by molar-refractivity contribution is 9.11. The maximum atomic E-state index is 11.9. The smallest absolute Gasteiger partial charge is 0.0701 e. The first-order chi connectivity index (χ1) is 7.80. The first kappa shape index (κ1) is 15.3. The van der Waals surface area contributed by atoms with Crippen molar-refractivity contribution in [3.8, 4) is 0 Å². The molecule has 0 saturated carbocycles. The standard InChI is InChI=1S/C12H20BrNOS2/c1-9(10-5-6-11(13)16-10)14-7-8-17(15)12(2,3)4/h5-6,9,14H,7-8H2,1-4H3/t9-,17-/m0/s1. The molecule has 1 heterocycles. The van der Waals surface area contributed by atoms with Gasteiger partial charge in [0.25, 0.3) is 0 Å². The topological polar surface area (TPSA) is 29.1 Å². The second kappa shape index (κ2) is 6.45. The van der Waals surface area contributed by atoms with Crippen molar-refractivity contribution in [3.63, 3.8) is 0 Å². The van der Waals surface area contributed by atoms with Crippen molar-refractivity contribution in [1.82, 2.24) is 5.32 Å². The summed E-state index contributed by atoms with van der Waals surface area (Å²) in [5.41, 5.74) is 0. The van der Waals surface area contributed by atoms with Crippen molar-refractivity contribution >= 4 is 38.1 Å². The number of hydrogen-bond donors (Lipinski definition) is 1. The maximum Gasteiger partial charge on any atom is 0.0701 e. The van der Waals surface area contributed by atoms with E-state index in [1.807, 2.05) is 20.8 Å². The van der Waals surface area contributed by atoms with Gasteiger partial charge in [-0.25, -0.2) is 0 Å². The molecule has 0 bridgehead atoms. The Morgan fingerprint density at radius 1 is 1.47 bits per heavy atom. The van der Waals surface area contributed by atoms with Crippen LogP contribution in [0.5, 0.6) is 0 Å². The summed E-state index contributed by atoms with van der Waals surface area (Å²) in [7, 11) is -0.773. The monoisotopic (exact) mass is 337 g/mol. The zero-order valence-corrected chi connectivity index (χ0v) is 14.0.